The molecule has 0 saturated heterocycles. The molecule has 1 amide bonds. The Hall–Kier alpha value is -2.01. The van der Waals surface area contributed by atoms with E-state index in [1.807, 2.05) is 32.9 Å². The van der Waals surface area contributed by atoms with Gasteiger partial charge in [-0.15, -0.1) is 12.6 Å². The molecule has 0 aliphatic heterocycles. The summed E-state index contributed by atoms with van der Waals surface area (Å²) in [6, 6.07) is 3.90. The molecule has 140 valence electrons. The Morgan fingerprint density at radius 1 is 1.12 bits per heavy atom. The lowest BCUT2D eigenvalue weighted by Gasteiger charge is -2.17. The van der Waals surface area contributed by atoms with E-state index in [4.69, 9.17) is 4.42 Å². The minimum Gasteiger partial charge on any atom is -0.465 e. The molecule has 0 fully saturated rings. The Morgan fingerprint density at radius 3 is 2.19 bits per heavy atom. The van der Waals surface area contributed by atoms with E-state index >= 15 is 0 Å². The van der Waals surface area contributed by atoms with E-state index in [1.54, 1.807) is 13.8 Å². The molecular weight excluding hydrogens is 346 g/mol. The highest BCUT2D eigenvalue weighted by Crippen LogP contribution is 2.27. The number of benzene rings is 1. The van der Waals surface area contributed by atoms with Gasteiger partial charge in [0.2, 0.25) is 5.43 Å². The number of thiol groups is 1. The largest absolute Gasteiger partial charge is 0.465 e. The molecule has 2 aromatic rings. The molecule has 0 aliphatic rings. The number of amides is 1. The van der Waals surface area contributed by atoms with Gasteiger partial charge in [-0.05, 0) is 56.4 Å². The highest BCUT2D eigenvalue weighted by molar-refractivity contribution is 7.80. The average molecular weight is 374 g/mol. The number of nitrogens with one attached hydrogen (secondary N) is 1. The molecule has 1 aromatic heterocycles. The lowest BCUT2D eigenvalue weighted by atomic mass is 10.0. The monoisotopic (exact) mass is 373 g/mol. The van der Waals surface area contributed by atoms with Crippen LogP contribution in [-0.2, 0) is 19.3 Å². The smallest absolute Gasteiger partial charge is 0.263 e. The summed E-state index contributed by atoms with van der Waals surface area (Å²) in [4.78, 5) is 26.6. The van der Waals surface area contributed by atoms with Gasteiger partial charge in [-0.1, -0.05) is 20.8 Å². The number of anilines is 1. The molecule has 1 heterocycles. The summed E-state index contributed by atoms with van der Waals surface area (Å²) in [5.41, 5.74) is 3.14. The summed E-state index contributed by atoms with van der Waals surface area (Å²) in [7, 11) is 0. The van der Waals surface area contributed by atoms with Crippen LogP contribution in [0.25, 0.3) is 0 Å². The Balaban J connectivity index is 2.56. The Kier molecular flexibility index (Phi) is 6.70. The van der Waals surface area contributed by atoms with Crippen molar-refractivity contribution in [3.05, 3.63) is 56.1 Å². The molecule has 0 bridgehead atoms. The van der Waals surface area contributed by atoms with Crippen LogP contribution in [0.2, 0.25) is 0 Å². The van der Waals surface area contributed by atoms with Crippen molar-refractivity contribution in [3.8, 4) is 0 Å². The molecule has 4 nitrogen and oxygen atoms in total. The molecule has 0 atom stereocenters. The maximum atomic E-state index is 13.0. The van der Waals surface area contributed by atoms with E-state index in [0.717, 1.165) is 41.0 Å². The molecule has 0 spiro atoms. The molecule has 0 saturated carbocycles. The fourth-order valence-electron chi connectivity index (χ4n) is 3.06. The van der Waals surface area contributed by atoms with Gasteiger partial charge in [-0.3, -0.25) is 9.59 Å². The predicted octanol–water partition coefficient (Wildman–Crippen LogP) is 4.87. The predicted molar refractivity (Wildman–Crippen MR) is 109 cm³/mol. The summed E-state index contributed by atoms with van der Waals surface area (Å²) in [5.74, 6) is 0.625. The number of hydrogen-bond donors (Lipinski definition) is 2. The second-order valence-electron chi connectivity index (χ2n) is 6.46. The standard InChI is InChI=1S/C21H27NO3S/c1-6-9-17-18(20(23)12(4)13(5)25-17)21(24)22-19-14(7-2)10-16(26)11-15(19)8-3/h10-11,26H,6-9H2,1-5H3,(H,22,24). The van der Waals surface area contributed by atoms with Crippen molar-refractivity contribution in [2.75, 3.05) is 5.32 Å². The summed E-state index contributed by atoms with van der Waals surface area (Å²) in [5, 5.41) is 2.98. The van der Waals surface area contributed by atoms with Gasteiger partial charge in [-0.2, -0.15) is 0 Å². The topological polar surface area (TPSA) is 59.3 Å². The first-order valence-electron chi connectivity index (χ1n) is 9.13. The lowest BCUT2D eigenvalue weighted by Crippen LogP contribution is -2.26. The fraction of sp³-hybridized carbons (Fsp3) is 0.429. The molecule has 1 N–H and O–H groups in total. The Morgan fingerprint density at radius 2 is 1.69 bits per heavy atom. The van der Waals surface area contributed by atoms with E-state index in [-0.39, 0.29) is 11.0 Å². The zero-order valence-electron chi connectivity index (χ0n) is 16.2. The highest BCUT2D eigenvalue weighted by Gasteiger charge is 2.22. The second-order valence-corrected chi connectivity index (χ2v) is 6.98. The van der Waals surface area contributed by atoms with E-state index in [9.17, 15) is 9.59 Å². The lowest BCUT2D eigenvalue weighted by molar-refractivity contribution is 0.102. The van der Waals surface area contributed by atoms with Crippen LogP contribution in [-0.4, -0.2) is 5.91 Å². The maximum absolute atomic E-state index is 13.0. The van der Waals surface area contributed by atoms with Gasteiger partial charge in [0.15, 0.2) is 0 Å². The van der Waals surface area contributed by atoms with Gasteiger partial charge in [0, 0.05) is 22.6 Å². The number of aryl methyl sites for hydroxylation is 4. The van der Waals surface area contributed by atoms with E-state index in [1.165, 1.54) is 0 Å². The van der Waals surface area contributed by atoms with Crippen molar-refractivity contribution in [3.63, 3.8) is 0 Å². The van der Waals surface area contributed by atoms with Gasteiger partial charge in [0.25, 0.3) is 5.91 Å². The van der Waals surface area contributed by atoms with Gasteiger partial charge < -0.3 is 9.73 Å². The van der Waals surface area contributed by atoms with Crippen LogP contribution in [0, 0.1) is 13.8 Å². The van der Waals surface area contributed by atoms with Crippen LogP contribution in [0.3, 0.4) is 0 Å². The SMILES string of the molecule is CCCc1oc(C)c(C)c(=O)c1C(=O)Nc1c(CC)cc(S)cc1CC. The zero-order valence-corrected chi connectivity index (χ0v) is 17.0. The summed E-state index contributed by atoms with van der Waals surface area (Å²) in [6.07, 6.45) is 2.87. The van der Waals surface area contributed by atoms with Crippen LogP contribution >= 0.6 is 12.6 Å². The van der Waals surface area contributed by atoms with Crippen LogP contribution in [0.1, 0.15) is 65.8 Å². The van der Waals surface area contributed by atoms with E-state index < -0.39 is 5.91 Å². The highest BCUT2D eigenvalue weighted by atomic mass is 32.1. The molecule has 0 radical (unpaired) electrons. The fourth-order valence-corrected chi connectivity index (χ4v) is 3.37. The quantitative estimate of drug-likeness (QED) is 0.710. The van der Waals surface area contributed by atoms with Crippen LogP contribution in [0.4, 0.5) is 5.69 Å². The normalized spacial score (nSPS) is 10.8. The number of hydrogen-bond acceptors (Lipinski definition) is 4. The van der Waals surface area contributed by atoms with Crippen molar-refractivity contribution in [2.45, 2.75) is 65.2 Å². The van der Waals surface area contributed by atoms with Crippen molar-refractivity contribution < 1.29 is 9.21 Å². The third-order valence-corrected chi connectivity index (χ3v) is 4.90. The average Bonchev–Trinajstić information content (AvgIpc) is 2.61. The molecule has 5 heteroatoms. The van der Waals surface area contributed by atoms with Crippen molar-refractivity contribution in [1.29, 1.82) is 0 Å². The van der Waals surface area contributed by atoms with Crippen molar-refractivity contribution >= 4 is 24.2 Å². The number of carbonyl (C=O) groups is 1. The molecule has 26 heavy (non-hydrogen) atoms. The third kappa shape index (κ3) is 4.04. The van der Waals surface area contributed by atoms with E-state index in [2.05, 4.69) is 17.9 Å². The minimum absolute atomic E-state index is 0.119. The molecular formula is C21H27NO3S. The Bertz CT molecular complexity index is 859. The minimum atomic E-state index is -0.401. The third-order valence-electron chi connectivity index (χ3n) is 4.64. The Labute approximate surface area is 160 Å². The first-order valence-corrected chi connectivity index (χ1v) is 9.57. The number of rotatable bonds is 6. The summed E-state index contributed by atoms with van der Waals surface area (Å²) >= 11 is 4.45. The summed E-state index contributed by atoms with van der Waals surface area (Å²) < 4.78 is 5.78. The molecule has 0 aliphatic carbocycles. The van der Waals surface area contributed by atoms with Gasteiger partial charge in [0.1, 0.15) is 17.1 Å². The van der Waals surface area contributed by atoms with Gasteiger partial charge >= 0.3 is 0 Å². The second kappa shape index (κ2) is 8.58. The maximum Gasteiger partial charge on any atom is 0.263 e. The van der Waals surface area contributed by atoms with Crippen molar-refractivity contribution in [1.82, 2.24) is 0 Å². The molecule has 1 aromatic carbocycles. The first kappa shape index (κ1) is 20.3. The van der Waals surface area contributed by atoms with Crippen molar-refractivity contribution in [2.24, 2.45) is 0 Å². The van der Waals surface area contributed by atoms with Gasteiger partial charge in [0.05, 0.1) is 0 Å². The number of carbonyl (C=O) groups excluding carboxylic acids is 1. The van der Waals surface area contributed by atoms with Crippen LogP contribution in [0.5, 0.6) is 0 Å². The first-order chi connectivity index (χ1) is 12.3. The van der Waals surface area contributed by atoms with Gasteiger partial charge in [-0.25, -0.2) is 0 Å². The van der Waals surface area contributed by atoms with Crippen LogP contribution in [0.15, 0.2) is 26.2 Å². The zero-order chi connectivity index (χ0) is 19.4. The molecule has 0 unspecified atom stereocenters. The molecule has 2 rings (SSSR count). The summed E-state index contributed by atoms with van der Waals surface area (Å²) in [6.45, 7) is 9.51. The van der Waals surface area contributed by atoms with Crippen LogP contribution < -0.4 is 10.7 Å². The van der Waals surface area contributed by atoms with E-state index in [0.29, 0.717) is 23.5 Å².